The predicted octanol–water partition coefficient (Wildman–Crippen LogP) is 1.90. The molecule has 0 amide bonds. The van der Waals surface area contributed by atoms with Crippen molar-refractivity contribution in [3.63, 3.8) is 0 Å². The van der Waals surface area contributed by atoms with Crippen LogP contribution in [0.2, 0.25) is 0 Å². The Kier molecular flexibility index (Phi) is 8.10. The highest BCUT2D eigenvalue weighted by atomic mass is 31.2. The predicted molar refractivity (Wildman–Crippen MR) is 177 cm³/mol. The lowest BCUT2D eigenvalue weighted by Crippen LogP contribution is -2.37. The van der Waals surface area contributed by atoms with Gasteiger partial charge >= 0.3 is 0 Å². The number of aromatic nitrogens is 6. The molecule has 9 rings (SSSR count). The summed E-state index contributed by atoms with van der Waals surface area (Å²) in [4.78, 5) is 22.7. The fourth-order valence-electron chi connectivity index (χ4n) is 7.34. The van der Waals surface area contributed by atoms with Crippen LogP contribution >= 0.6 is 14.9 Å². The molecule has 50 heavy (non-hydrogen) atoms. The topological polar surface area (TPSA) is 184 Å². The van der Waals surface area contributed by atoms with Gasteiger partial charge < -0.3 is 42.0 Å². The van der Waals surface area contributed by atoms with Crippen molar-refractivity contribution in [1.29, 1.82) is 0 Å². The van der Waals surface area contributed by atoms with Gasteiger partial charge in [0.05, 0.1) is 30.6 Å². The summed E-state index contributed by atoms with van der Waals surface area (Å²) in [5, 5.41) is 4.68. The van der Waals surface area contributed by atoms with Gasteiger partial charge in [0.15, 0.2) is 30.6 Å². The molecule has 5 aliphatic heterocycles. The van der Waals surface area contributed by atoms with Gasteiger partial charge in [-0.25, -0.2) is 34.2 Å². The van der Waals surface area contributed by atoms with Crippen molar-refractivity contribution in [2.75, 3.05) is 37.2 Å². The zero-order valence-corrected chi connectivity index (χ0v) is 28.7. The van der Waals surface area contributed by atoms with E-state index in [1.807, 2.05) is 0 Å². The molecule has 3 fully saturated rings. The summed E-state index contributed by atoms with van der Waals surface area (Å²) in [7, 11) is -5.72. The van der Waals surface area contributed by atoms with Crippen LogP contribution in [-0.4, -0.2) is 107 Å². The lowest BCUT2D eigenvalue weighted by atomic mass is 10.1. The Labute approximate surface area is 284 Å². The number of alkyl halides is 2. The van der Waals surface area contributed by atoms with Gasteiger partial charge in [-0.15, -0.1) is 0 Å². The second-order valence-electron chi connectivity index (χ2n) is 13.0. The van der Waals surface area contributed by atoms with Gasteiger partial charge in [0.1, 0.15) is 54.2 Å². The van der Waals surface area contributed by atoms with Crippen molar-refractivity contribution >= 4 is 63.8 Å². The molecule has 264 valence electrons. The minimum Gasteiger partial charge on any atom is -0.369 e. The maximum Gasteiger partial charge on any atom is 0.271 e. The molecule has 0 saturated carbocycles. The molecule has 17 nitrogen and oxygen atoms in total. The average Bonchev–Trinajstić information content (AvgIpc) is 3.71. The van der Waals surface area contributed by atoms with Crippen LogP contribution in [-0.2, 0) is 54.4 Å². The van der Waals surface area contributed by atoms with Crippen LogP contribution in [0.25, 0.3) is 22.1 Å². The highest BCUT2D eigenvalue weighted by molar-refractivity contribution is 7.79. The number of hydrogen-bond acceptors (Lipinski definition) is 15. The zero-order chi connectivity index (χ0) is 34.4. The van der Waals surface area contributed by atoms with E-state index in [9.17, 15) is 9.13 Å². The largest absolute Gasteiger partial charge is 0.369 e. The van der Waals surface area contributed by atoms with E-state index in [-0.39, 0.29) is 0 Å². The second-order valence-corrected chi connectivity index (χ2v) is 17.0. The second kappa shape index (κ2) is 12.3. The highest BCUT2D eigenvalue weighted by Gasteiger charge is 2.54. The number of anilines is 2. The van der Waals surface area contributed by atoms with E-state index < -0.39 is 77.4 Å². The Bertz CT molecular complexity index is 1940. The van der Waals surface area contributed by atoms with Gasteiger partial charge in [-0.2, -0.15) is 0 Å². The average molecular weight is 734 g/mol. The number of halogens is 2. The van der Waals surface area contributed by atoms with Gasteiger partial charge in [0, 0.05) is 25.4 Å². The van der Waals surface area contributed by atoms with Gasteiger partial charge in [-0.05, 0) is 24.0 Å². The third-order valence-electron chi connectivity index (χ3n) is 9.59. The standard InChI is InChI=1S/C27H32B2F2N8O9P2/c28-49(40)44-9-15-21(19(31)27(46-15)39-7-13-3-5-42-37-23-17(13)25(39)36-11-34-23)48-50(29,41)43-8-14-20(47-49)18(30)26(45-14)38-6-12-2-1-4-32-22-16(12)24(38)35-10-33-22/h6-7,10-11,14-15,18-21,26-27H,1-5,8-9,28-29H2,(H,32,33,35)(H,34,36,37). The fourth-order valence-corrected chi connectivity index (χ4v) is 9.69. The Morgan fingerprint density at radius 2 is 1.32 bits per heavy atom. The van der Waals surface area contributed by atoms with Crippen LogP contribution in [0, 0.1) is 0 Å². The molecule has 9 heterocycles. The van der Waals surface area contributed by atoms with Gasteiger partial charge in [-0.1, -0.05) is 0 Å². The van der Waals surface area contributed by atoms with E-state index in [2.05, 4.69) is 30.7 Å². The molecule has 0 spiro atoms. The number of ether oxygens (including phenoxy) is 2. The van der Waals surface area contributed by atoms with Crippen molar-refractivity contribution in [3.8, 4) is 0 Å². The Morgan fingerprint density at radius 3 is 1.92 bits per heavy atom. The molecule has 0 aromatic carbocycles. The number of nitrogens with zero attached hydrogens (tertiary/aromatic N) is 6. The summed E-state index contributed by atoms with van der Waals surface area (Å²) in [6.07, 6.45) is -3.46. The molecule has 10 atom stereocenters. The van der Waals surface area contributed by atoms with Gasteiger partial charge in [0.2, 0.25) is 0 Å². The summed E-state index contributed by atoms with van der Waals surface area (Å²) in [6.45, 7) is 0.0966. The maximum atomic E-state index is 16.5. The molecule has 5 aliphatic rings. The summed E-state index contributed by atoms with van der Waals surface area (Å²) in [6, 6.07) is 0. The molecule has 23 heteroatoms. The summed E-state index contributed by atoms with van der Waals surface area (Å²) >= 11 is 0. The van der Waals surface area contributed by atoms with Crippen LogP contribution in [0.1, 0.15) is 30.0 Å². The molecular weight excluding hydrogens is 702 g/mol. The van der Waals surface area contributed by atoms with E-state index in [0.29, 0.717) is 47.8 Å². The highest BCUT2D eigenvalue weighted by Crippen LogP contribution is 2.54. The van der Waals surface area contributed by atoms with Gasteiger partial charge in [0.25, 0.3) is 30.1 Å². The monoisotopic (exact) mass is 734 g/mol. The molecule has 4 aromatic rings. The van der Waals surface area contributed by atoms with Crippen molar-refractivity contribution < 1.29 is 50.3 Å². The minimum atomic E-state index is -4.05. The first-order valence-electron chi connectivity index (χ1n) is 16.3. The lowest BCUT2D eigenvalue weighted by Gasteiger charge is -2.29. The van der Waals surface area contributed by atoms with E-state index in [0.717, 1.165) is 29.5 Å². The maximum absolute atomic E-state index is 16.5. The number of fused-ring (bicyclic) bond motifs is 2. The Balaban J connectivity index is 1.00. The first kappa shape index (κ1) is 32.9. The Morgan fingerprint density at radius 1 is 0.780 bits per heavy atom. The normalized spacial score (nSPS) is 37.5. The first-order chi connectivity index (χ1) is 24.1. The lowest BCUT2D eigenvalue weighted by molar-refractivity contribution is -0.0547. The summed E-state index contributed by atoms with van der Waals surface area (Å²) in [5.41, 5.74) is 5.33. The van der Waals surface area contributed by atoms with Crippen LogP contribution < -0.4 is 10.8 Å². The molecule has 3 saturated heterocycles. The smallest absolute Gasteiger partial charge is 0.271 e. The van der Waals surface area contributed by atoms with E-state index in [1.165, 1.54) is 32.4 Å². The molecule has 0 radical (unpaired) electrons. The van der Waals surface area contributed by atoms with E-state index in [4.69, 9.17) is 32.4 Å². The summed E-state index contributed by atoms with van der Waals surface area (Å²) in [5.74, 6) is 1.06. The van der Waals surface area contributed by atoms with Crippen molar-refractivity contribution in [2.45, 2.75) is 68.5 Å². The van der Waals surface area contributed by atoms with E-state index >= 15 is 8.78 Å². The summed E-state index contributed by atoms with van der Waals surface area (Å²) < 4.78 is 98.9. The molecular formula is C27H32B2F2N8O9P2. The van der Waals surface area contributed by atoms with Crippen LogP contribution in [0.5, 0.6) is 0 Å². The number of rotatable bonds is 2. The van der Waals surface area contributed by atoms with Crippen molar-refractivity contribution in [3.05, 3.63) is 36.2 Å². The Hall–Kier alpha value is -2.99. The quantitative estimate of drug-likeness (QED) is 0.225. The van der Waals surface area contributed by atoms with Crippen molar-refractivity contribution in [2.24, 2.45) is 0 Å². The molecule has 0 aliphatic carbocycles. The first-order valence-corrected chi connectivity index (χ1v) is 20.3. The number of hydrogen-bond donors (Lipinski definition) is 2. The third-order valence-corrected chi connectivity index (χ3v) is 12.1. The molecule has 0 bridgehead atoms. The molecule has 10 unspecified atom stereocenters. The van der Waals surface area contributed by atoms with Crippen LogP contribution in [0.4, 0.5) is 20.4 Å². The van der Waals surface area contributed by atoms with Gasteiger partial charge in [-0.3, -0.25) is 14.0 Å². The molecule has 2 N–H and O–H groups in total. The van der Waals surface area contributed by atoms with Crippen molar-refractivity contribution in [1.82, 2.24) is 29.1 Å². The minimum absolute atomic E-state index is 0.340. The third kappa shape index (κ3) is 5.58. The van der Waals surface area contributed by atoms with Crippen LogP contribution in [0.15, 0.2) is 25.0 Å². The van der Waals surface area contributed by atoms with Crippen LogP contribution in [0.3, 0.4) is 0 Å². The fraction of sp³-hybridized carbons (Fsp3) is 0.556. The SMILES string of the molecule is BP1(=O)OCC2OC(n3cc4c5c(ncnc53)NOCC4)C(F)C2OP(B)(=O)OCC2OC(n3cc4c5c(ncnc53)NCCC4)C(F)C2O1. The molecule has 4 aromatic heterocycles. The van der Waals surface area contributed by atoms with E-state index in [1.54, 1.807) is 17.0 Å². The number of aryl methyl sites for hydroxylation is 1. The number of nitrogens with one attached hydrogen (secondary N) is 2. The zero-order valence-electron chi connectivity index (χ0n) is 26.9.